The number of amides is 2. The van der Waals surface area contributed by atoms with Crippen LogP contribution in [0, 0.1) is 0 Å². The summed E-state index contributed by atoms with van der Waals surface area (Å²) < 4.78 is 1.09. The molecule has 2 amide bonds. The minimum absolute atomic E-state index is 0.152. The number of carboxylic acids is 1. The summed E-state index contributed by atoms with van der Waals surface area (Å²) in [7, 11) is 0. The number of fused-ring (bicyclic) bond motifs is 1. The fraction of sp³-hybridized carbons (Fsp3) is 0.389. The highest BCUT2D eigenvalue weighted by Gasteiger charge is 2.29. The molecule has 2 aromatic rings. The maximum absolute atomic E-state index is 12.7. The van der Waals surface area contributed by atoms with Crippen molar-refractivity contribution in [1.82, 2.24) is 15.1 Å². The van der Waals surface area contributed by atoms with E-state index < -0.39 is 29.5 Å². The second-order valence-corrected chi connectivity index (χ2v) is 6.49. The van der Waals surface area contributed by atoms with E-state index in [0.29, 0.717) is 22.9 Å². The van der Waals surface area contributed by atoms with Gasteiger partial charge in [0.05, 0.1) is 11.6 Å². The van der Waals surface area contributed by atoms with Crippen LogP contribution in [-0.4, -0.2) is 38.7 Å². The minimum atomic E-state index is -0.941. The molecule has 2 unspecified atom stereocenters. The van der Waals surface area contributed by atoms with E-state index in [9.17, 15) is 24.3 Å². The van der Waals surface area contributed by atoms with Crippen LogP contribution in [0.2, 0.25) is 0 Å². The molecule has 142 valence electrons. The monoisotopic (exact) mass is 372 g/mol. The Labute approximate surface area is 154 Å². The van der Waals surface area contributed by atoms with E-state index in [0.717, 1.165) is 11.1 Å². The first kappa shape index (κ1) is 18.6. The Bertz CT molecular complexity index is 968. The Morgan fingerprint density at radius 3 is 2.85 bits per heavy atom. The van der Waals surface area contributed by atoms with Crippen LogP contribution < -0.4 is 16.2 Å². The first-order valence-electron chi connectivity index (χ1n) is 8.75. The van der Waals surface area contributed by atoms with Crippen LogP contribution in [0.3, 0.4) is 0 Å². The molecule has 0 bridgehead atoms. The van der Waals surface area contributed by atoms with Crippen molar-refractivity contribution in [2.45, 2.75) is 44.7 Å². The third-order valence-electron chi connectivity index (χ3n) is 4.53. The van der Waals surface area contributed by atoms with Crippen LogP contribution in [0.5, 0.6) is 0 Å². The van der Waals surface area contributed by atoms with Gasteiger partial charge in [-0.15, -0.1) is 0 Å². The van der Waals surface area contributed by atoms with Gasteiger partial charge in [0.25, 0.3) is 11.5 Å². The summed E-state index contributed by atoms with van der Waals surface area (Å²) in [6, 6.07) is 3.33. The zero-order valence-corrected chi connectivity index (χ0v) is 14.8. The Hall–Kier alpha value is -3.23. The minimum Gasteiger partial charge on any atom is -0.480 e. The van der Waals surface area contributed by atoms with Crippen LogP contribution in [0.1, 0.15) is 38.6 Å². The number of carboxylic acid groups (broad SMARTS) is 1. The summed E-state index contributed by atoms with van der Waals surface area (Å²) >= 11 is 0. The summed E-state index contributed by atoms with van der Waals surface area (Å²) in [5.41, 5.74) is 0.139. The number of carbonyl (C=O) groups excluding carboxylic acids is 2. The highest BCUT2D eigenvalue weighted by molar-refractivity contribution is 5.99. The molecule has 9 heteroatoms. The SMILES string of the molecule is CCCC(Nc1ccc2c(=O)n(C3CCC(=O)NC3=O)ncc2c1)C(=O)O. The highest BCUT2D eigenvalue weighted by atomic mass is 16.4. The summed E-state index contributed by atoms with van der Waals surface area (Å²) in [5.74, 6) is -1.84. The number of hydrogen-bond acceptors (Lipinski definition) is 6. The Kier molecular flexibility index (Phi) is 5.20. The fourth-order valence-electron chi connectivity index (χ4n) is 3.14. The Morgan fingerprint density at radius 1 is 1.41 bits per heavy atom. The van der Waals surface area contributed by atoms with Gasteiger partial charge >= 0.3 is 5.97 Å². The van der Waals surface area contributed by atoms with E-state index in [1.807, 2.05) is 6.92 Å². The van der Waals surface area contributed by atoms with E-state index in [-0.39, 0.29) is 18.7 Å². The van der Waals surface area contributed by atoms with Crippen LogP contribution in [-0.2, 0) is 14.4 Å². The zero-order chi connectivity index (χ0) is 19.6. The molecule has 2 heterocycles. The maximum atomic E-state index is 12.7. The van der Waals surface area contributed by atoms with E-state index in [1.54, 1.807) is 18.2 Å². The summed E-state index contributed by atoms with van der Waals surface area (Å²) in [6.45, 7) is 1.90. The maximum Gasteiger partial charge on any atom is 0.326 e. The van der Waals surface area contributed by atoms with Crippen molar-refractivity contribution in [3.05, 3.63) is 34.7 Å². The van der Waals surface area contributed by atoms with Crippen molar-refractivity contribution in [1.29, 1.82) is 0 Å². The Morgan fingerprint density at radius 2 is 2.19 bits per heavy atom. The van der Waals surface area contributed by atoms with Gasteiger partial charge in [0.15, 0.2) is 0 Å². The van der Waals surface area contributed by atoms with E-state index in [1.165, 1.54) is 6.20 Å². The normalized spacial score (nSPS) is 18.2. The molecule has 0 radical (unpaired) electrons. The molecule has 1 aromatic carbocycles. The van der Waals surface area contributed by atoms with Crippen molar-refractivity contribution in [3.8, 4) is 0 Å². The summed E-state index contributed by atoms with van der Waals surface area (Å²) in [5, 5.41) is 19.4. The smallest absolute Gasteiger partial charge is 0.326 e. The lowest BCUT2D eigenvalue weighted by Gasteiger charge is -2.22. The van der Waals surface area contributed by atoms with Gasteiger partial charge in [-0.2, -0.15) is 5.10 Å². The number of aliphatic carboxylic acids is 1. The van der Waals surface area contributed by atoms with Gasteiger partial charge in [-0.3, -0.25) is 19.7 Å². The van der Waals surface area contributed by atoms with Gasteiger partial charge in [0.2, 0.25) is 5.91 Å². The quantitative estimate of drug-likeness (QED) is 0.646. The molecule has 1 fully saturated rings. The number of rotatable bonds is 6. The number of hydrogen-bond donors (Lipinski definition) is 3. The third-order valence-corrected chi connectivity index (χ3v) is 4.53. The zero-order valence-electron chi connectivity index (χ0n) is 14.8. The predicted molar refractivity (Wildman–Crippen MR) is 97.4 cm³/mol. The van der Waals surface area contributed by atoms with Crippen molar-refractivity contribution in [2.24, 2.45) is 0 Å². The average Bonchev–Trinajstić information content (AvgIpc) is 2.62. The van der Waals surface area contributed by atoms with Gasteiger partial charge < -0.3 is 10.4 Å². The number of nitrogens with one attached hydrogen (secondary N) is 2. The molecule has 27 heavy (non-hydrogen) atoms. The van der Waals surface area contributed by atoms with Crippen molar-refractivity contribution in [2.75, 3.05) is 5.32 Å². The lowest BCUT2D eigenvalue weighted by molar-refractivity contribution is -0.138. The van der Waals surface area contributed by atoms with Crippen molar-refractivity contribution >= 4 is 34.2 Å². The lowest BCUT2D eigenvalue weighted by Crippen LogP contribution is -2.45. The molecule has 1 aromatic heterocycles. The fourth-order valence-corrected chi connectivity index (χ4v) is 3.14. The van der Waals surface area contributed by atoms with Crippen LogP contribution in [0.15, 0.2) is 29.2 Å². The number of carbonyl (C=O) groups is 3. The molecule has 1 aliphatic rings. The van der Waals surface area contributed by atoms with Gasteiger partial charge in [-0.05, 0) is 31.0 Å². The second kappa shape index (κ2) is 7.56. The van der Waals surface area contributed by atoms with Crippen molar-refractivity contribution < 1.29 is 19.5 Å². The Balaban J connectivity index is 1.91. The van der Waals surface area contributed by atoms with Gasteiger partial charge in [-0.1, -0.05) is 13.3 Å². The predicted octanol–water partition coefficient (Wildman–Crippen LogP) is 1.04. The molecule has 1 saturated heterocycles. The number of piperidine rings is 1. The molecule has 3 N–H and O–H groups in total. The first-order chi connectivity index (χ1) is 12.9. The molecule has 0 spiro atoms. The second-order valence-electron chi connectivity index (χ2n) is 6.49. The van der Waals surface area contributed by atoms with Crippen molar-refractivity contribution in [3.63, 3.8) is 0 Å². The van der Waals surface area contributed by atoms with Gasteiger partial charge in [0, 0.05) is 17.5 Å². The first-order valence-corrected chi connectivity index (χ1v) is 8.75. The standard InChI is InChI=1S/C18H20N4O5/c1-2-3-13(18(26)27)20-11-4-5-12-10(8-11)9-19-22(17(12)25)14-6-7-15(23)21-16(14)24/h4-5,8-9,13-14,20H,2-3,6-7H2,1H3,(H,26,27)(H,21,23,24). The molecular formula is C18H20N4O5. The van der Waals surface area contributed by atoms with E-state index >= 15 is 0 Å². The molecule has 2 atom stereocenters. The number of aromatic nitrogens is 2. The summed E-state index contributed by atoms with van der Waals surface area (Å²) in [6.07, 6.45) is 3.03. The molecule has 9 nitrogen and oxygen atoms in total. The third kappa shape index (κ3) is 3.81. The average molecular weight is 372 g/mol. The van der Waals surface area contributed by atoms with Crippen LogP contribution in [0.4, 0.5) is 5.69 Å². The number of benzene rings is 1. The molecular weight excluding hydrogens is 352 g/mol. The molecule has 3 rings (SSSR count). The molecule has 1 aliphatic heterocycles. The number of nitrogens with zero attached hydrogens (tertiary/aromatic N) is 2. The summed E-state index contributed by atoms with van der Waals surface area (Å²) in [4.78, 5) is 47.3. The lowest BCUT2D eigenvalue weighted by atomic mass is 10.1. The van der Waals surface area contributed by atoms with Crippen LogP contribution >= 0.6 is 0 Å². The number of imide groups is 1. The molecule has 0 aliphatic carbocycles. The van der Waals surface area contributed by atoms with E-state index in [2.05, 4.69) is 15.7 Å². The van der Waals surface area contributed by atoms with Gasteiger partial charge in [0.1, 0.15) is 12.1 Å². The largest absolute Gasteiger partial charge is 0.480 e. The molecule has 0 saturated carbocycles. The number of anilines is 1. The van der Waals surface area contributed by atoms with E-state index in [4.69, 9.17) is 0 Å². The van der Waals surface area contributed by atoms with Crippen LogP contribution in [0.25, 0.3) is 10.8 Å². The van der Waals surface area contributed by atoms with Gasteiger partial charge in [-0.25, -0.2) is 9.48 Å². The topological polar surface area (TPSA) is 130 Å². The highest BCUT2D eigenvalue weighted by Crippen LogP contribution is 2.20.